The zero-order valence-corrected chi connectivity index (χ0v) is 10.8. The topological polar surface area (TPSA) is 31.4 Å². The van der Waals surface area contributed by atoms with Crippen molar-refractivity contribution in [3.05, 3.63) is 36.1 Å². The summed E-state index contributed by atoms with van der Waals surface area (Å²) in [5, 5.41) is 0. The van der Waals surface area contributed by atoms with Crippen LogP contribution in [0.25, 0.3) is 6.08 Å². The first-order chi connectivity index (χ1) is 7.91. The number of pyridine rings is 1. The molecule has 2 rings (SSSR count). The lowest BCUT2D eigenvalue weighted by Crippen LogP contribution is -2.41. The van der Waals surface area contributed by atoms with Crippen molar-refractivity contribution in [2.45, 2.75) is 38.9 Å². The van der Waals surface area contributed by atoms with E-state index in [1.54, 1.807) is 6.20 Å². The van der Waals surface area contributed by atoms with Crippen molar-refractivity contribution >= 4 is 13.2 Å². The molecule has 0 aliphatic carbocycles. The van der Waals surface area contributed by atoms with Crippen LogP contribution in [0.1, 0.15) is 33.4 Å². The molecule has 0 saturated carbocycles. The zero-order chi connectivity index (χ0) is 12.5. The molecule has 1 aromatic rings. The van der Waals surface area contributed by atoms with E-state index in [-0.39, 0.29) is 18.3 Å². The van der Waals surface area contributed by atoms with Gasteiger partial charge in [-0.15, -0.1) is 0 Å². The van der Waals surface area contributed by atoms with Crippen LogP contribution >= 0.6 is 0 Å². The lowest BCUT2D eigenvalue weighted by atomic mass is 9.90. The van der Waals surface area contributed by atoms with Crippen LogP contribution in [-0.2, 0) is 9.31 Å². The van der Waals surface area contributed by atoms with Crippen molar-refractivity contribution in [3.8, 4) is 0 Å². The van der Waals surface area contributed by atoms with Gasteiger partial charge < -0.3 is 9.31 Å². The summed E-state index contributed by atoms with van der Waals surface area (Å²) in [6.45, 7) is 8.17. The molecule has 3 nitrogen and oxygen atoms in total. The fourth-order valence-corrected chi connectivity index (χ4v) is 1.62. The Morgan fingerprint density at radius 1 is 1.12 bits per heavy atom. The first kappa shape index (κ1) is 12.3. The van der Waals surface area contributed by atoms with E-state index in [0.29, 0.717) is 0 Å². The van der Waals surface area contributed by atoms with Gasteiger partial charge in [-0.05, 0) is 45.9 Å². The normalized spacial score (nSPS) is 22.2. The summed E-state index contributed by atoms with van der Waals surface area (Å²) >= 11 is 0. The van der Waals surface area contributed by atoms with Gasteiger partial charge in [0.25, 0.3) is 0 Å². The second kappa shape index (κ2) is 4.28. The third kappa shape index (κ3) is 2.59. The Hall–Kier alpha value is -1.13. The number of aromatic nitrogens is 1. The number of hydrogen-bond donors (Lipinski definition) is 0. The minimum Gasteiger partial charge on any atom is -0.400 e. The van der Waals surface area contributed by atoms with Gasteiger partial charge in [0.05, 0.1) is 16.9 Å². The largest absolute Gasteiger partial charge is 0.487 e. The molecule has 1 saturated heterocycles. The third-order valence-corrected chi connectivity index (χ3v) is 3.38. The molecule has 2 heterocycles. The van der Waals surface area contributed by atoms with Crippen molar-refractivity contribution < 1.29 is 9.31 Å². The minimum atomic E-state index is -0.304. The molecule has 1 aromatic heterocycles. The van der Waals surface area contributed by atoms with Crippen molar-refractivity contribution in [3.63, 3.8) is 0 Å². The third-order valence-electron chi connectivity index (χ3n) is 3.38. The Kier molecular flexibility index (Phi) is 3.10. The van der Waals surface area contributed by atoms with E-state index in [0.717, 1.165) is 5.69 Å². The molecular weight excluding hydrogens is 213 g/mol. The van der Waals surface area contributed by atoms with Gasteiger partial charge in [0.1, 0.15) is 0 Å². The van der Waals surface area contributed by atoms with E-state index in [1.165, 1.54) is 0 Å². The van der Waals surface area contributed by atoms with E-state index in [1.807, 2.05) is 57.9 Å². The summed E-state index contributed by atoms with van der Waals surface area (Å²) in [5.41, 5.74) is 0.334. The summed E-state index contributed by atoms with van der Waals surface area (Å²) in [4.78, 5) is 4.21. The highest BCUT2D eigenvalue weighted by molar-refractivity contribution is 6.52. The van der Waals surface area contributed by atoms with Gasteiger partial charge in [0.2, 0.25) is 0 Å². The molecule has 4 heteroatoms. The molecule has 1 fully saturated rings. The zero-order valence-electron chi connectivity index (χ0n) is 10.8. The summed E-state index contributed by atoms with van der Waals surface area (Å²) < 4.78 is 11.7. The van der Waals surface area contributed by atoms with Crippen LogP contribution in [0.5, 0.6) is 0 Å². The Morgan fingerprint density at radius 3 is 2.29 bits per heavy atom. The monoisotopic (exact) mass is 231 g/mol. The molecule has 0 N–H and O–H groups in total. The first-order valence-electron chi connectivity index (χ1n) is 5.86. The van der Waals surface area contributed by atoms with Crippen LogP contribution in [-0.4, -0.2) is 23.3 Å². The summed E-state index contributed by atoms with van der Waals surface area (Å²) in [6.07, 6.45) is 3.69. The highest BCUT2D eigenvalue weighted by atomic mass is 16.7. The number of rotatable bonds is 2. The van der Waals surface area contributed by atoms with Crippen LogP contribution in [0.2, 0.25) is 0 Å². The van der Waals surface area contributed by atoms with Gasteiger partial charge in [0.15, 0.2) is 0 Å². The second-order valence-electron chi connectivity index (χ2n) is 5.24. The van der Waals surface area contributed by atoms with Crippen molar-refractivity contribution in [2.24, 2.45) is 0 Å². The Balaban J connectivity index is 2.06. The molecule has 90 valence electrons. The predicted octanol–water partition coefficient (Wildman–Crippen LogP) is 2.73. The van der Waals surface area contributed by atoms with Crippen LogP contribution in [0.3, 0.4) is 0 Å². The molecule has 0 atom stereocenters. The molecule has 0 unspecified atom stereocenters. The number of hydrogen-bond acceptors (Lipinski definition) is 3. The standard InChI is InChI=1S/C13H18BNO2/c1-12(2)13(3,4)17-14(16-12)9-8-11-7-5-6-10-15-11/h5-10H,1-4H3/b9-8-. The average Bonchev–Trinajstić information content (AvgIpc) is 2.46. The maximum atomic E-state index is 5.85. The highest BCUT2D eigenvalue weighted by Crippen LogP contribution is 2.36. The maximum absolute atomic E-state index is 5.85. The molecule has 0 bridgehead atoms. The van der Waals surface area contributed by atoms with Crippen LogP contribution < -0.4 is 0 Å². The smallest absolute Gasteiger partial charge is 0.400 e. The van der Waals surface area contributed by atoms with Crippen molar-refractivity contribution in [1.82, 2.24) is 4.98 Å². The van der Waals surface area contributed by atoms with Gasteiger partial charge in [-0.2, -0.15) is 0 Å². The lowest BCUT2D eigenvalue weighted by Gasteiger charge is -2.32. The fraction of sp³-hybridized carbons (Fsp3) is 0.462. The molecule has 1 aliphatic rings. The lowest BCUT2D eigenvalue weighted by molar-refractivity contribution is 0.00578. The summed E-state index contributed by atoms with van der Waals surface area (Å²) in [5.74, 6) is 1.90. The van der Waals surface area contributed by atoms with E-state index < -0.39 is 0 Å². The highest BCUT2D eigenvalue weighted by Gasteiger charge is 2.49. The summed E-state index contributed by atoms with van der Waals surface area (Å²) in [7, 11) is -0.304. The quantitative estimate of drug-likeness (QED) is 0.733. The minimum absolute atomic E-state index is 0.286. The fourth-order valence-electron chi connectivity index (χ4n) is 1.62. The Morgan fingerprint density at radius 2 is 1.76 bits per heavy atom. The van der Waals surface area contributed by atoms with Gasteiger partial charge in [-0.25, -0.2) is 0 Å². The van der Waals surface area contributed by atoms with E-state index in [2.05, 4.69) is 4.98 Å². The number of nitrogens with zero attached hydrogens (tertiary/aromatic N) is 1. The Bertz CT molecular complexity index is 399. The van der Waals surface area contributed by atoms with Crippen LogP contribution in [0, 0.1) is 0 Å². The molecule has 0 spiro atoms. The van der Waals surface area contributed by atoms with E-state index in [4.69, 9.17) is 9.31 Å². The van der Waals surface area contributed by atoms with E-state index >= 15 is 0 Å². The van der Waals surface area contributed by atoms with Crippen molar-refractivity contribution in [2.75, 3.05) is 0 Å². The maximum Gasteiger partial charge on any atom is 0.487 e. The van der Waals surface area contributed by atoms with Gasteiger partial charge in [0, 0.05) is 6.20 Å². The van der Waals surface area contributed by atoms with Crippen LogP contribution in [0.4, 0.5) is 0 Å². The predicted molar refractivity (Wildman–Crippen MR) is 69.4 cm³/mol. The summed E-state index contributed by atoms with van der Waals surface area (Å²) in [6, 6.07) is 5.80. The van der Waals surface area contributed by atoms with Gasteiger partial charge >= 0.3 is 7.12 Å². The molecule has 0 radical (unpaired) electrons. The molecule has 0 amide bonds. The van der Waals surface area contributed by atoms with Gasteiger partial charge in [-0.3, -0.25) is 4.98 Å². The van der Waals surface area contributed by atoms with Crippen molar-refractivity contribution in [1.29, 1.82) is 0 Å². The van der Waals surface area contributed by atoms with Gasteiger partial charge in [-0.1, -0.05) is 12.0 Å². The SMILES string of the molecule is CC1(C)OB(/C=C\c2ccccn2)OC1(C)C. The first-order valence-corrected chi connectivity index (χ1v) is 5.86. The van der Waals surface area contributed by atoms with Crippen LogP contribution in [0.15, 0.2) is 30.4 Å². The molecule has 17 heavy (non-hydrogen) atoms. The van der Waals surface area contributed by atoms with E-state index in [9.17, 15) is 0 Å². The second-order valence-corrected chi connectivity index (χ2v) is 5.24. The molecular formula is C13H18BNO2. The molecule has 1 aliphatic heterocycles. The Labute approximate surface area is 103 Å². The molecule has 0 aromatic carbocycles. The average molecular weight is 231 g/mol.